The molecule has 0 fully saturated rings. The molecule has 0 aliphatic heterocycles. The smallest absolute Gasteiger partial charge is 0.164 e. The number of nitriles is 2. The van der Waals surface area contributed by atoms with Crippen LogP contribution in [0.2, 0.25) is 0 Å². The van der Waals surface area contributed by atoms with Crippen molar-refractivity contribution in [2.24, 2.45) is 0 Å². The highest BCUT2D eigenvalue weighted by molar-refractivity contribution is 5.80. The van der Waals surface area contributed by atoms with E-state index >= 15 is 0 Å². The van der Waals surface area contributed by atoms with Crippen molar-refractivity contribution in [1.29, 1.82) is 10.5 Å². The normalized spacial score (nSPS) is 10.8. The van der Waals surface area contributed by atoms with Crippen molar-refractivity contribution in [3.63, 3.8) is 0 Å². The highest BCUT2D eigenvalue weighted by Gasteiger charge is 2.18. The Kier molecular flexibility index (Phi) is 17.8. The van der Waals surface area contributed by atoms with Gasteiger partial charge in [0.1, 0.15) is 0 Å². The van der Waals surface area contributed by atoms with E-state index in [1.54, 1.807) is 18.2 Å². The molecule has 0 saturated carbocycles. The van der Waals surface area contributed by atoms with Gasteiger partial charge in [0.05, 0.1) is 46.0 Å². The predicted molar refractivity (Wildman–Crippen MR) is 396 cm³/mol. The summed E-state index contributed by atoms with van der Waals surface area (Å²) >= 11 is 0. The van der Waals surface area contributed by atoms with Gasteiger partial charge in [-0.25, -0.2) is 49.8 Å². The van der Waals surface area contributed by atoms with Crippen molar-refractivity contribution in [2.75, 3.05) is 0 Å². The molecule has 0 saturated heterocycles. The molecule has 0 amide bonds. The Balaban J connectivity index is 0.000000162. The van der Waals surface area contributed by atoms with Crippen LogP contribution in [0.4, 0.5) is 0 Å². The highest BCUT2D eigenvalue weighted by Crippen LogP contribution is 2.35. The first-order chi connectivity index (χ1) is 49.4. The zero-order valence-electron chi connectivity index (χ0n) is 53.7. The number of nitrogens with zero attached hydrogens (tertiary/aromatic N) is 12. The van der Waals surface area contributed by atoms with Crippen LogP contribution in [0.25, 0.3) is 158 Å². The molecule has 0 radical (unpaired) electrons. The molecule has 0 unspecified atom stereocenters. The van der Waals surface area contributed by atoms with Crippen LogP contribution < -0.4 is 0 Å². The summed E-state index contributed by atoms with van der Waals surface area (Å²) in [6.45, 7) is 0. The Morgan fingerprint density at radius 2 is 0.360 bits per heavy atom. The number of hydrogen-bond donors (Lipinski definition) is 0. The van der Waals surface area contributed by atoms with Crippen LogP contribution >= 0.6 is 0 Å². The molecule has 4 aromatic heterocycles. The second-order valence-electron chi connectivity index (χ2n) is 23.4. The van der Waals surface area contributed by atoms with Crippen molar-refractivity contribution in [1.82, 2.24) is 49.8 Å². The lowest BCUT2D eigenvalue weighted by Gasteiger charge is -2.11. The fourth-order valence-corrected chi connectivity index (χ4v) is 11.6. The van der Waals surface area contributed by atoms with Gasteiger partial charge in [-0.2, -0.15) is 10.5 Å². The van der Waals surface area contributed by atoms with Gasteiger partial charge < -0.3 is 0 Å². The van der Waals surface area contributed by atoms with E-state index in [0.29, 0.717) is 57.7 Å². The number of rotatable bonds is 14. The number of aromatic nitrogens is 10. The molecule has 100 heavy (non-hydrogen) atoms. The van der Waals surface area contributed by atoms with Gasteiger partial charge in [-0.1, -0.05) is 291 Å². The maximum absolute atomic E-state index is 9.50. The van der Waals surface area contributed by atoms with Crippen LogP contribution in [0, 0.1) is 22.7 Å². The van der Waals surface area contributed by atoms with Crippen LogP contribution in [0.1, 0.15) is 11.1 Å². The third kappa shape index (κ3) is 14.1. The molecule has 12 aromatic carbocycles. The van der Waals surface area contributed by atoms with E-state index in [1.165, 1.54) is 0 Å². The summed E-state index contributed by atoms with van der Waals surface area (Å²) in [4.78, 5) is 49.0. The second-order valence-corrected chi connectivity index (χ2v) is 23.4. The first-order valence-corrected chi connectivity index (χ1v) is 32.5. The average molecular weight is 1280 g/mol. The fourth-order valence-electron chi connectivity index (χ4n) is 11.6. The topological polar surface area (TPSA) is 176 Å². The minimum atomic E-state index is 0.510. The minimum Gasteiger partial charge on any atom is -0.228 e. The minimum absolute atomic E-state index is 0.510. The Labute approximate surface area is 578 Å². The molecule has 0 spiro atoms. The van der Waals surface area contributed by atoms with Crippen molar-refractivity contribution in [3.8, 4) is 171 Å². The van der Waals surface area contributed by atoms with Crippen molar-refractivity contribution < 1.29 is 0 Å². The Hall–Kier alpha value is -14.2. The summed E-state index contributed by atoms with van der Waals surface area (Å²) in [5.41, 5.74) is 19.6. The lowest BCUT2D eigenvalue weighted by Crippen LogP contribution is -2.00. The molecule has 0 N–H and O–H groups in total. The summed E-state index contributed by atoms with van der Waals surface area (Å²) in [5.74, 6) is 4.80. The standard InChI is InChI=1S/2C44H28N6/c45-29-30-12-10-20-37(26-30)40-28-39(46-41(47-40)33-13-4-1-5-14-33)32-24-22-31(23-25-32)36-19-11-21-38(27-36)44-49-42(34-15-6-2-7-16-34)48-43(50-44)35-17-8-3-9-18-35;45-29-30-12-10-20-37(26-30)43-48-42(35-17-8-3-9-18-35)49-44(50-43)38-21-11-19-36(27-38)31-22-24-33(25-23-31)40-28-39(32-13-4-1-5-14-32)46-41(47-40)34-15-6-2-7-16-34/h2*1-28H. The van der Waals surface area contributed by atoms with E-state index in [2.05, 4.69) is 97.1 Å². The van der Waals surface area contributed by atoms with E-state index in [4.69, 9.17) is 49.8 Å². The lowest BCUT2D eigenvalue weighted by atomic mass is 9.99. The van der Waals surface area contributed by atoms with Crippen molar-refractivity contribution >= 4 is 0 Å². The predicted octanol–water partition coefficient (Wildman–Crippen LogP) is 20.4. The first kappa shape index (κ1) is 61.9. The zero-order chi connectivity index (χ0) is 67.4. The van der Waals surface area contributed by atoms with Gasteiger partial charge in [-0.3, -0.25) is 0 Å². The first-order valence-electron chi connectivity index (χ1n) is 32.5. The lowest BCUT2D eigenvalue weighted by molar-refractivity contribution is 1.07. The molecule has 0 aliphatic rings. The van der Waals surface area contributed by atoms with Gasteiger partial charge in [0, 0.05) is 66.8 Å². The van der Waals surface area contributed by atoms with Gasteiger partial charge >= 0.3 is 0 Å². The van der Waals surface area contributed by atoms with Crippen LogP contribution in [-0.2, 0) is 0 Å². The Morgan fingerprint density at radius 1 is 0.150 bits per heavy atom. The summed E-state index contributed by atoms with van der Waals surface area (Å²) in [6.07, 6.45) is 0. The monoisotopic (exact) mass is 1280 g/mol. The number of benzene rings is 12. The maximum Gasteiger partial charge on any atom is 0.164 e. The third-order valence-electron chi connectivity index (χ3n) is 16.8. The maximum atomic E-state index is 9.50. The molecule has 4 heterocycles. The van der Waals surface area contributed by atoms with E-state index in [0.717, 1.165) is 112 Å². The molecule has 0 bridgehead atoms. The molecule has 468 valence electrons. The molecular weight excluding hydrogens is 1230 g/mol. The average Bonchev–Trinajstić information content (AvgIpc) is 0.819. The second kappa shape index (κ2) is 28.8. The van der Waals surface area contributed by atoms with Crippen LogP contribution in [0.15, 0.2) is 340 Å². The molecular formula is C88H56N12. The summed E-state index contributed by atoms with van der Waals surface area (Å²) in [7, 11) is 0. The fraction of sp³-hybridized carbons (Fsp3) is 0. The summed E-state index contributed by atoms with van der Waals surface area (Å²) < 4.78 is 0. The van der Waals surface area contributed by atoms with E-state index < -0.39 is 0 Å². The molecule has 0 aliphatic carbocycles. The van der Waals surface area contributed by atoms with E-state index in [1.807, 2.05) is 237 Å². The largest absolute Gasteiger partial charge is 0.228 e. The van der Waals surface area contributed by atoms with E-state index in [-0.39, 0.29) is 0 Å². The van der Waals surface area contributed by atoms with Crippen LogP contribution in [0.5, 0.6) is 0 Å². The third-order valence-corrected chi connectivity index (χ3v) is 16.8. The molecule has 16 rings (SSSR count). The van der Waals surface area contributed by atoms with Gasteiger partial charge in [0.2, 0.25) is 0 Å². The van der Waals surface area contributed by atoms with E-state index in [9.17, 15) is 10.5 Å². The quantitative estimate of drug-likeness (QED) is 0.101. The van der Waals surface area contributed by atoms with Gasteiger partial charge in [-0.05, 0) is 70.8 Å². The van der Waals surface area contributed by atoms with Crippen molar-refractivity contribution in [2.45, 2.75) is 0 Å². The van der Waals surface area contributed by atoms with Gasteiger partial charge in [-0.15, -0.1) is 0 Å². The molecule has 0 atom stereocenters. The molecule has 12 heteroatoms. The highest BCUT2D eigenvalue weighted by atomic mass is 15.0. The summed E-state index contributed by atoms with van der Waals surface area (Å²) in [6, 6.07) is 117. The van der Waals surface area contributed by atoms with Gasteiger partial charge in [0.25, 0.3) is 0 Å². The van der Waals surface area contributed by atoms with Gasteiger partial charge in [0.15, 0.2) is 46.6 Å². The molecule has 16 aromatic rings. The SMILES string of the molecule is N#Cc1cccc(-c2cc(-c3ccc(-c4cccc(-c5nc(-c6ccccc6)nc(-c6ccccc6)n5)c4)cc3)nc(-c3ccccc3)n2)c1.N#Cc1cccc(-c2nc(-c3ccccc3)nc(-c3cccc(-c4ccc(-c5cc(-c6ccccc6)nc(-c6ccccc6)n5)cc4)c3)n2)c1. The zero-order valence-corrected chi connectivity index (χ0v) is 53.7. The van der Waals surface area contributed by atoms with Crippen LogP contribution in [0.3, 0.4) is 0 Å². The van der Waals surface area contributed by atoms with Crippen LogP contribution in [-0.4, -0.2) is 49.8 Å². The Bertz CT molecular complexity index is 5540. The number of hydrogen-bond acceptors (Lipinski definition) is 12. The molecule has 12 nitrogen and oxygen atoms in total. The summed E-state index contributed by atoms with van der Waals surface area (Å²) in [5, 5.41) is 19.0. The Morgan fingerprint density at radius 3 is 0.680 bits per heavy atom. The van der Waals surface area contributed by atoms with Crippen molar-refractivity contribution in [3.05, 3.63) is 351 Å².